The first-order valence-electron chi connectivity index (χ1n) is 11.8. The summed E-state index contributed by atoms with van der Waals surface area (Å²) in [5.41, 5.74) is 0.121. The van der Waals surface area contributed by atoms with Crippen molar-refractivity contribution in [2.45, 2.75) is 68.5 Å². The van der Waals surface area contributed by atoms with Gasteiger partial charge in [-0.05, 0) is 44.2 Å². The second-order valence-corrected chi connectivity index (χ2v) is 10.1. The molecule has 1 aromatic heterocycles. The van der Waals surface area contributed by atoms with E-state index in [0.29, 0.717) is 18.6 Å². The summed E-state index contributed by atoms with van der Waals surface area (Å²) in [6, 6.07) is 7.09. The molecule has 11 nitrogen and oxygen atoms in total. The zero-order valence-electron chi connectivity index (χ0n) is 19.5. The number of carbonyl (C=O) groups is 3. The van der Waals surface area contributed by atoms with Crippen molar-refractivity contribution in [1.29, 1.82) is 0 Å². The van der Waals surface area contributed by atoms with Crippen molar-refractivity contribution < 1.29 is 29.0 Å². The molecule has 2 saturated heterocycles. The molecule has 3 aliphatic heterocycles. The van der Waals surface area contributed by atoms with Crippen molar-refractivity contribution in [2.75, 3.05) is 12.3 Å². The molecule has 0 saturated carbocycles. The molecule has 0 aliphatic carbocycles. The number of rotatable bonds is 6. The molecule has 0 spiro atoms. The number of aromatic nitrogens is 3. The van der Waals surface area contributed by atoms with Crippen LogP contribution in [-0.4, -0.2) is 77.7 Å². The van der Waals surface area contributed by atoms with Crippen LogP contribution in [0.4, 0.5) is 4.39 Å². The molecule has 3 N–H and O–H groups in total. The number of carbonyl (C=O) groups excluding carboxylic acids is 1. The van der Waals surface area contributed by atoms with Crippen molar-refractivity contribution in [2.24, 2.45) is 0 Å². The maximum absolute atomic E-state index is 13.9. The highest BCUT2D eigenvalue weighted by molar-refractivity contribution is 7.99. The van der Waals surface area contributed by atoms with E-state index in [1.807, 2.05) is 0 Å². The van der Waals surface area contributed by atoms with Gasteiger partial charge in [-0.1, -0.05) is 23.9 Å². The highest BCUT2D eigenvalue weighted by Gasteiger charge is 2.40. The van der Waals surface area contributed by atoms with E-state index < -0.39 is 17.8 Å². The van der Waals surface area contributed by atoms with Gasteiger partial charge in [0.15, 0.2) is 5.16 Å². The number of hydrogen-bond acceptors (Lipinski definition) is 7. The summed E-state index contributed by atoms with van der Waals surface area (Å²) in [6.45, 7) is 2.34. The Bertz CT molecular complexity index is 1170. The highest BCUT2D eigenvalue weighted by Crippen LogP contribution is 2.36. The monoisotopic (exact) mass is 521 g/mol. The summed E-state index contributed by atoms with van der Waals surface area (Å²) >= 11 is 1.64. The van der Waals surface area contributed by atoms with E-state index in [9.17, 15) is 14.0 Å². The number of benzene rings is 1. The van der Waals surface area contributed by atoms with Gasteiger partial charge in [-0.2, -0.15) is 0 Å². The number of aryl methyl sites for hydroxylation is 1. The Morgan fingerprint density at radius 3 is 2.36 bits per heavy atom. The molecule has 1 aromatic carbocycles. The summed E-state index contributed by atoms with van der Waals surface area (Å²) < 4.78 is 17.2. The Balaban J connectivity index is 0.000000455. The number of carboxylic acid groups (broad SMARTS) is 2. The molecule has 194 valence electrons. The second kappa shape index (κ2) is 11.2. The first kappa shape index (κ1) is 25.9. The van der Waals surface area contributed by atoms with Crippen LogP contribution in [0.25, 0.3) is 0 Å². The normalized spacial score (nSPS) is 22.4. The number of nitrogens with zero attached hydrogens (tertiary/aromatic N) is 4. The minimum absolute atomic E-state index is 0.00698. The van der Waals surface area contributed by atoms with Crippen LogP contribution in [0.1, 0.15) is 42.5 Å². The van der Waals surface area contributed by atoms with Crippen LogP contribution in [-0.2, 0) is 22.7 Å². The molecule has 2 atom stereocenters. The summed E-state index contributed by atoms with van der Waals surface area (Å²) in [6.07, 6.45) is 4.94. The molecular weight excluding hydrogens is 493 g/mol. The van der Waals surface area contributed by atoms with Gasteiger partial charge in [-0.15, -0.1) is 5.10 Å². The maximum atomic E-state index is 13.9. The first-order chi connectivity index (χ1) is 17.2. The van der Waals surface area contributed by atoms with E-state index in [-0.39, 0.29) is 23.2 Å². The Hall–Kier alpha value is -3.19. The van der Waals surface area contributed by atoms with E-state index in [2.05, 4.69) is 15.3 Å². The number of fused-ring (bicyclic) bond motifs is 3. The predicted molar refractivity (Wildman–Crippen MR) is 128 cm³/mol. The zero-order chi connectivity index (χ0) is 25.8. The molecule has 36 heavy (non-hydrogen) atoms. The van der Waals surface area contributed by atoms with Gasteiger partial charge in [0.25, 0.3) is 5.91 Å². The number of hydrogen-bond donors (Lipinski definition) is 3. The van der Waals surface area contributed by atoms with Crippen LogP contribution in [0, 0.1) is 5.82 Å². The third kappa shape index (κ3) is 5.78. The van der Waals surface area contributed by atoms with Crippen LogP contribution in [0.15, 0.2) is 34.2 Å². The van der Waals surface area contributed by atoms with Gasteiger partial charge >= 0.3 is 17.6 Å². The topological polar surface area (TPSA) is 147 Å². The van der Waals surface area contributed by atoms with E-state index in [1.165, 1.54) is 12.1 Å². The number of piperidine rings is 1. The minimum Gasteiger partial charge on any atom is -0.473 e. The number of nitrogens with one attached hydrogen (secondary N) is 1. The lowest BCUT2D eigenvalue weighted by Crippen LogP contribution is -2.50. The average Bonchev–Trinajstić information content (AvgIpc) is 3.48. The van der Waals surface area contributed by atoms with E-state index in [0.717, 1.165) is 56.1 Å². The number of thioether (sulfide) groups is 1. The van der Waals surface area contributed by atoms with Gasteiger partial charge in [-0.3, -0.25) is 14.3 Å². The Morgan fingerprint density at radius 1 is 1.08 bits per heavy atom. The van der Waals surface area contributed by atoms with Crippen molar-refractivity contribution in [3.63, 3.8) is 0 Å². The third-order valence-electron chi connectivity index (χ3n) is 6.74. The third-order valence-corrected chi connectivity index (χ3v) is 7.69. The highest BCUT2D eigenvalue weighted by atomic mass is 32.2. The lowest BCUT2D eigenvalue weighted by Gasteiger charge is -2.39. The van der Waals surface area contributed by atoms with Gasteiger partial charge in [0, 0.05) is 43.5 Å². The fraction of sp³-hybridized carbons (Fsp3) is 0.522. The minimum atomic E-state index is -1.82. The lowest BCUT2D eigenvalue weighted by molar-refractivity contribution is -0.159. The first-order valence-corrected chi connectivity index (χ1v) is 12.8. The molecular formula is C23H28FN5O6S. The average molecular weight is 522 g/mol. The molecule has 2 unspecified atom stereocenters. The van der Waals surface area contributed by atoms with Gasteiger partial charge in [-0.25, -0.2) is 23.5 Å². The number of halogens is 1. The molecule has 0 radical (unpaired) electrons. The number of carboxylic acids is 2. The Morgan fingerprint density at radius 2 is 1.75 bits per heavy atom. The predicted octanol–water partition coefficient (Wildman–Crippen LogP) is 1.26. The summed E-state index contributed by atoms with van der Waals surface area (Å²) in [7, 11) is 0. The standard InChI is InChI=1S/C21H26FN5O2S.C2H2O4/c22-18-5-2-1-4-17(18)19(28)23-14-12-15-6-7-16(13-14)25(15)8-3-9-27-21(29)26-10-11-30-20(26)24-27;3-1(4)2(5)6/h1-2,4-5,14-16H,3,6-13H2,(H,23,28);(H,3,4)(H,5,6). The summed E-state index contributed by atoms with van der Waals surface area (Å²) in [5.74, 6) is -3.51. The van der Waals surface area contributed by atoms with Gasteiger partial charge in [0.05, 0.1) is 5.56 Å². The van der Waals surface area contributed by atoms with Crippen LogP contribution >= 0.6 is 11.8 Å². The Labute approximate surface area is 210 Å². The smallest absolute Gasteiger partial charge is 0.414 e. The van der Waals surface area contributed by atoms with Crippen LogP contribution in [0.3, 0.4) is 0 Å². The van der Waals surface area contributed by atoms with Crippen LogP contribution < -0.4 is 11.0 Å². The van der Waals surface area contributed by atoms with Gasteiger partial charge < -0.3 is 15.5 Å². The molecule has 13 heteroatoms. The largest absolute Gasteiger partial charge is 0.473 e. The zero-order valence-corrected chi connectivity index (χ0v) is 20.3. The van der Waals surface area contributed by atoms with Gasteiger partial charge in [0.2, 0.25) is 0 Å². The molecule has 5 rings (SSSR count). The van der Waals surface area contributed by atoms with Crippen molar-refractivity contribution in [1.82, 2.24) is 24.6 Å². The van der Waals surface area contributed by atoms with E-state index in [4.69, 9.17) is 19.8 Å². The van der Waals surface area contributed by atoms with Crippen LogP contribution in [0.5, 0.6) is 0 Å². The summed E-state index contributed by atoms with van der Waals surface area (Å²) in [4.78, 5) is 45.5. The molecule has 2 aromatic rings. The van der Waals surface area contributed by atoms with Crippen molar-refractivity contribution in [3.8, 4) is 0 Å². The quantitative estimate of drug-likeness (QED) is 0.478. The number of amides is 1. The fourth-order valence-corrected chi connectivity index (χ4v) is 6.10. The second-order valence-electron chi connectivity index (χ2n) is 9.00. The lowest BCUT2D eigenvalue weighted by atomic mass is 9.96. The molecule has 2 bridgehead atoms. The Kier molecular flexibility index (Phi) is 8.09. The van der Waals surface area contributed by atoms with E-state index in [1.54, 1.807) is 33.1 Å². The summed E-state index contributed by atoms with van der Waals surface area (Å²) in [5, 5.41) is 23.1. The number of aliphatic carboxylic acids is 2. The maximum Gasteiger partial charge on any atom is 0.414 e. The molecule has 2 fully saturated rings. The van der Waals surface area contributed by atoms with Crippen molar-refractivity contribution >= 4 is 29.6 Å². The van der Waals surface area contributed by atoms with E-state index >= 15 is 0 Å². The van der Waals surface area contributed by atoms with Crippen LogP contribution in [0.2, 0.25) is 0 Å². The molecule has 4 heterocycles. The SMILES string of the molecule is O=C(NC1CC2CCC(C1)N2CCCn1nc2n(c1=O)CCS2)c1ccccc1F.O=C(O)C(=O)O. The molecule has 3 aliphatic rings. The van der Waals surface area contributed by atoms with Crippen molar-refractivity contribution in [3.05, 3.63) is 46.1 Å². The molecule has 1 amide bonds. The van der Waals surface area contributed by atoms with Gasteiger partial charge in [0.1, 0.15) is 5.82 Å². The fourth-order valence-electron chi connectivity index (χ4n) is 5.16.